The van der Waals surface area contributed by atoms with E-state index in [-0.39, 0.29) is 5.82 Å². The summed E-state index contributed by atoms with van der Waals surface area (Å²) in [7, 11) is 2.15. The van der Waals surface area contributed by atoms with Crippen molar-refractivity contribution in [2.75, 3.05) is 44.7 Å². The maximum absolute atomic E-state index is 14.8. The highest BCUT2D eigenvalue weighted by Crippen LogP contribution is 2.63. The van der Waals surface area contributed by atoms with Crippen molar-refractivity contribution in [1.29, 1.82) is 0 Å². The van der Waals surface area contributed by atoms with Crippen LogP contribution in [0.2, 0.25) is 0 Å². The Bertz CT molecular complexity index is 1460. The molecule has 10 heteroatoms. The van der Waals surface area contributed by atoms with Gasteiger partial charge in [-0.3, -0.25) is 4.90 Å². The number of hydrogen-bond donors (Lipinski definition) is 0. The van der Waals surface area contributed by atoms with Crippen molar-refractivity contribution in [2.24, 2.45) is 5.92 Å². The Morgan fingerprint density at radius 3 is 2.65 bits per heavy atom. The molecule has 0 unspecified atom stereocenters. The van der Waals surface area contributed by atoms with Crippen LogP contribution in [-0.4, -0.2) is 74.4 Å². The quantitative estimate of drug-likeness (QED) is 0.415. The summed E-state index contributed by atoms with van der Waals surface area (Å²) in [5.41, 5.74) is 2.98. The normalized spacial score (nSPS) is 24.1. The van der Waals surface area contributed by atoms with Crippen molar-refractivity contribution in [3.05, 3.63) is 71.7 Å². The van der Waals surface area contributed by atoms with Gasteiger partial charge in [0.15, 0.2) is 5.65 Å². The molecule has 190 valence electrons. The predicted octanol–water partition coefficient (Wildman–Crippen LogP) is 3.34. The number of piperidine rings is 1. The monoisotopic (exact) mass is 502 g/mol. The second-order valence-corrected chi connectivity index (χ2v) is 10.5. The van der Waals surface area contributed by atoms with Crippen LogP contribution in [0.25, 0.3) is 16.9 Å². The molecule has 0 N–H and O–H groups in total. The van der Waals surface area contributed by atoms with E-state index in [1.165, 1.54) is 18.2 Å². The third-order valence-corrected chi connectivity index (χ3v) is 8.26. The number of likely N-dealkylation sites (N-methyl/N-ethyl adjacent to an activating group) is 1. The van der Waals surface area contributed by atoms with Gasteiger partial charge in [0.2, 0.25) is 0 Å². The van der Waals surface area contributed by atoms with Gasteiger partial charge in [-0.1, -0.05) is 0 Å². The van der Waals surface area contributed by atoms with E-state index in [0.717, 1.165) is 69.2 Å². The first-order valence-electron chi connectivity index (χ1n) is 12.8. The molecule has 8 nitrogen and oxygen atoms in total. The summed E-state index contributed by atoms with van der Waals surface area (Å²) in [6.45, 7) is 5.71. The molecule has 2 aliphatic heterocycles. The van der Waals surface area contributed by atoms with Gasteiger partial charge in [0.05, 0.1) is 28.7 Å². The Morgan fingerprint density at radius 2 is 1.86 bits per heavy atom. The maximum atomic E-state index is 14.8. The third kappa shape index (κ3) is 3.77. The summed E-state index contributed by atoms with van der Waals surface area (Å²) in [6.07, 6.45) is 5.34. The number of rotatable bonds is 5. The zero-order valence-corrected chi connectivity index (χ0v) is 20.7. The van der Waals surface area contributed by atoms with Crippen molar-refractivity contribution in [3.63, 3.8) is 0 Å². The molecule has 1 aliphatic carbocycles. The van der Waals surface area contributed by atoms with Crippen LogP contribution >= 0.6 is 0 Å². The van der Waals surface area contributed by atoms with E-state index in [4.69, 9.17) is 4.98 Å². The van der Waals surface area contributed by atoms with Crippen molar-refractivity contribution in [1.82, 2.24) is 34.6 Å². The maximum Gasteiger partial charge on any atom is 0.166 e. The molecule has 7 rings (SSSR count). The minimum atomic E-state index is -0.539. The number of anilines is 1. The lowest BCUT2D eigenvalue weighted by atomic mass is 10.0. The van der Waals surface area contributed by atoms with Gasteiger partial charge in [0, 0.05) is 51.0 Å². The summed E-state index contributed by atoms with van der Waals surface area (Å²) in [6, 6.07) is 9.63. The minimum Gasteiger partial charge on any atom is -0.346 e. The summed E-state index contributed by atoms with van der Waals surface area (Å²) in [5.74, 6) is 0.246. The number of benzene rings is 1. The van der Waals surface area contributed by atoms with Gasteiger partial charge in [0.1, 0.15) is 17.5 Å². The predicted molar refractivity (Wildman–Crippen MR) is 135 cm³/mol. The molecule has 5 heterocycles. The van der Waals surface area contributed by atoms with Gasteiger partial charge in [0.25, 0.3) is 0 Å². The molecule has 4 aromatic rings. The Kier molecular flexibility index (Phi) is 5.23. The average molecular weight is 503 g/mol. The molecule has 2 atom stereocenters. The zero-order chi connectivity index (χ0) is 25.1. The van der Waals surface area contributed by atoms with E-state index in [2.05, 4.69) is 37.0 Å². The van der Waals surface area contributed by atoms with Crippen molar-refractivity contribution < 1.29 is 8.78 Å². The molecule has 3 fully saturated rings. The Hall–Kier alpha value is -3.50. The number of hydrogen-bond acceptors (Lipinski definition) is 7. The standard InChI is InChI=1S/C27H28F2N8/c1-34-10-12-35(13-11-34)17-20-3-5-24(33-32-20)21-16-30-37-9-7-25(31-26(21)37)36-8-6-18-15-27(18,36)22-14-19(28)2-4-23(22)29/h2-5,7,9,14,16,18H,6,8,10-13,15,17H2,1H3/t18-,27+/m0/s1. The summed E-state index contributed by atoms with van der Waals surface area (Å²) >= 11 is 0. The summed E-state index contributed by atoms with van der Waals surface area (Å²) < 4.78 is 30.6. The molecule has 0 bridgehead atoms. The van der Waals surface area contributed by atoms with Crippen LogP contribution in [0, 0.1) is 17.6 Å². The van der Waals surface area contributed by atoms with Crippen LogP contribution in [0.3, 0.4) is 0 Å². The molecule has 0 amide bonds. The molecular weight excluding hydrogens is 474 g/mol. The fraction of sp³-hybridized carbons (Fsp3) is 0.407. The number of nitrogens with zero attached hydrogens (tertiary/aromatic N) is 8. The summed E-state index contributed by atoms with van der Waals surface area (Å²) in [4.78, 5) is 11.8. The number of piperazine rings is 1. The lowest BCUT2D eigenvalue weighted by Gasteiger charge is -2.31. The van der Waals surface area contributed by atoms with Gasteiger partial charge < -0.3 is 9.80 Å². The molecular formula is C27H28F2N8. The lowest BCUT2D eigenvalue weighted by molar-refractivity contribution is 0.146. The molecule has 1 aromatic carbocycles. The van der Waals surface area contributed by atoms with Crippen molar-refractivity contribution in [3.8, 4) is 11.3 Å². The van der Waals surface area contributed by atoms with Gasteiger partial charge >= 0.3 is 0 Å². The second kappa shape index (κ2) is 8.53. The lowest BCUT2D eigenvalue weighted by Crippen LogP contribution is -2.44. The molecule has 3 aromatic heterocycles. The van der Waals surface area contributed by atoms with Crippen LogP contribution in [0.15, 0.2) is 48.8 Å². The van der Waals surface area contributed by atoms with E-state index in [1.807, 2.05) is 24.4 Å². The first-order chi connectivity index (χ1) is 18.0. The van der Waals surface area contributed by atoms with Crippen LogP contribution in [0.1, 0.15) is 24.1 Å². The smallest absolute Gasteiger partial charge is 0.166 e. The molecule has 3 aliphatic rings. The topological polar surface area (TPSA) is 65.7 Å². The fourth-order valence-corrected chi connectivity index (χ4v) is 6.11. The van der Waals surface area contributed by atoms with Crippen LogP contribution in [0.5, 0.6) is 0 Å². The second-order valence-electron chi connectivity index (χ2n) is 10.5. The summed E-state index contributed by atoms with van der Waals surface area (Å²) in [5, 5.41) is 13.4. The molecule has 2 saturated heterocycles. The van der Waals surface area contributed by atoms with Gasteiger partial charge in [-0.2, -0.15) is 15.3 Å². The van der Waals surface area contributed by atoms with Crippen LogP contribution < -0.4 is 4.90 Å². The van der Waals surface area contributed by atoms with E-state index in [1.54, 1.807) is 10.7 Å². The fourth-order valence-electron chi connectivity index (χ4n) is 6.11. The Labute approximate surface area is 213 Å². The third-order valence-electron chi connectivity index (χ3n) is 8.26. The van der Waals surface area contributed by atoms with Crippen LogP contribution in [0.4, 0.5) is 14.6 Å². The number of halogens is 2. The van der Waals surface area contributed by atoms with E-state index in [9.17, 15) is 8.78 Å². The molecule has 0 radical (unpaired) electrons. The van der Waals surface area contributed by atoms with Crippen LogP contribution in [-0.2, 0) is 12.1 Å². The number of aromatic nitrogens is 5. The van der Waals surface area contributed by atoms with Gasteiger partial charge in [-0.25, -0.2) is 18.3 Å². The molecule has 1 saturated carbocycles. The van der Waals surface area contributed by atoms with Crippen molar-refractivity contribution in [2.45, 2.75) is 24.9 Å². The van der Waals surface area contributed by atoms with Crippen molar-refractivity contribution >= 4 is 11.5 Å². The number of fused-ring (bicyclic) bond motifs is 2. The molecule has 0 spiro atoms. The highest BCUT2D eigenvalue weighted by molar-refractivity contribution is 5.75. The zero-order valence-electron chi connectivity index (χ0n) is 20.7. The molecule has 37 heavy (non-hydrogen) atoms. The van der Waals surface area contributed by atoms with E-state index in [0.29, 0.717) is 22.8 Å². The SMILES string of the molecule is CN1CCN(Cc2ccc(-c3cnn4ccc(N5CC[C@H]6C[C@]65c5cc(F)ccc5F)nc34)nn2)CC1. The highest BCUT2D eigenvalue weighted by atomic mass is 19.1. The van der Waals surface area contributed by atoms with Gasteiger partial charge in [-0.05, 0) is 62.2 Å². The first-order valence-corrected chi connectivity index (χ1v) is 12.8. The van der Waals surface area contributed by atoms with E-state index < -0.39 is 11.4 Å². The average Bonchev–Trinajstić information content (AvgIpc) is 3.29. The highest BCUT2D eigenvalue weighted by Gasteiger charge is 2.64. The largest absolute Gasteiger partial charge is 0.346 e. The van der Waals surface area contributed by atoms with E-state index >= 15 is 0 Å². The Balaban J connectivity index is 1.18. The minimum absolute atomic E-state index is 0.296. The Morgan fingerprint density at radius 1 is 1.00 bits per heavy atom. The van der Waals surface area contributed by atoms with Gasteiger partial charge in [-0.15, -0.1) is 0 Å². The first kappa shape index (κ1) is 22.7.